The lowest BCUT2D eigenvalue weighted by atomic mass is 10.1. The van der Waals surface area contributed by atoms with Gasteiger partial charge in [-0.15, -0.1) is 0 Å². The number of nitrogens with zero attached hydrogens (tertiary/aromatic N) is 2. The van der Waals surface area contributed by atoms with E-state index in [2.05, 4.69) is 5.10 Å². The van der Waals surface area contributed by atoms with Crippen molar-refractivity contribution in [2.24, 2.45) is 0 Å². The first-order valence-electron chi connectivity index (χ1n) is 5.30. The highest BCUT2D eigenvalue weighted by Gasteiger charge is 2.33. The third-order valence-corrected chi connectivity index (χ3v) is 2.51. The summed E-state index contributed by atoms with van der Waals surface area (Å²) in [5.74, 6) is 0. The molecule has 18 heavy (non-hydrogen) atoms. The molecule has 3 nitrogen and oxygen atoms in total. The number of aromatic nitrogens is 2. The molecule has 0 saturated carbocycles. The molecular formula is C12H11F3N2O. The van der Waals surface area contributed by atoms with Gasteiger partial charge in [0.1, 0.15) is 0 Å². The van der Waals surface area contributed by atoms with E-state index in [1.165, 1.54) is 6.20 Å². The minimum absolute atomic E-state index is 0.433. The van der Waals surface area contributed by atoms with E-state index < -0.39 is 18.0 Å². The Morgan fingerprint density at radius 2 is 1.89 bits per heavy atom. The SMILES string of the molecule is CC(O)c1ccccc1-n1ccc(C(F)(F)F)n1. The first-order chi connectivity index (χ1) is 8.39. The number of para-hydroxylation sites is 1. The molecule has 0 radical (unpaired) electrons. The van der Waals surface area contributed by atoms with Crippen LogP contribution in [0.1, 0.15) is 24.3 Å². The van der Waals surface area contributed by atoms with Gasteiger partial charge in [0.15, 0.2) is 5.69 Å². The maximum atomic E-state index is 12.5. The molecule has 0 amide bonds. The standard InChI is InChI=1S/C12H11F3N2O/c1-8(18)9-4-2-3-5-10(9)17-7-6-11(16-17)12(13,14)15/h2-8,18H,1H3. The molecule has 0 bridgehead atoms. The van der Waals surface area contributed by atoms with Gasteiger partial charge in [-0.25, -0.2) is 4.68 Å². The van der Waals surface area contributed by atoms with E-state index in [9.17, 15) is 18.3 Å². The van der Waals surface area contributed by atoms with Crippen LogP contribution in [0, 0.1) is 0 Å². The minimum Gasteiger partial charge on any atom is -0.389 e. The van der Waals surface area contributed by atoms with Gasteiger partial charge in [0.05, 0.1) is 11.8 Å². The van der Waals surface area contributed by atoms with Gasteiger partial charge in [0.25, 0.3) is 0 Å². The molecule has 0 spiro atoms. The number of benzene rings is 1. The quantitative estimate of drug-likeness (QED) is 0.897. The van der Waals surface area contributed by atoms with Crippen LogP contribution in [-0.2, 0) is 6.18 Å². The first-order valence-corrected chi connectivity index (χ1v) is 5.30. The Hall–Kier alpha value is -1.82. The summed E-state index contributed by atoms with van der Waals surface area (Å²) in [6.45, 7) is 1.55. The van der Waals surface area contributed by atoms with Crippen LogP contribution in [0.25, 0.3) is 5.69 Å². The number of hydrogen-bond acceptors (Lipinski definition) is 2. The fourth-order valence-electron chi connectivity index (χ4n) is 1.66. The summed E-state index contributed by atoms with van der Waals surface area (Å²) in [4.78, 5) is 0. The van der Waals surface area contributed by atoms with Crippen LogP contribution < -0.4 is 0 Å². The molecule has 6 heteroatoms. The van der Waals surface area contributed by atoms with Crippen LogP contribution in [-0.4, -0.2) is 14.9 Å². The lowest BCUT2D eigenvalue weighted by Crippen LogP contribution is -2.08. The molecule has 1 aromatic heterocycles. The smallest absolute Gasteiger partial charge is 0.389 e. The molecule has 2 aromatic rings. The van der Waals surface area contributed by atoms with Crippen molar-refractivity contribution in [2.45, 2.75) is 19.2 Å². The zero-order valence-corrected chi connectivity index (χ0v) is 9.52. The highest BCUT2D eigenvalue weighted by molar-refractivity contribution is 5.41. The summed E-state index contributed by atoms with van der Waals surface area (Å²) in [6.07, 6.45) is -4.02. The molecule has 0 aliphatic rings. The van der Waals surface area contributed by atoms with Crippen LogP contribution >= 0.6 is 0 Å². The molecule has 1 N–H and O–H groups in total. The van der Waals surface area contributed by atoms with Crippen molar-refractivity contribution in [1.29, 1.82) is 0 Å². The van der Waals surface area contributed by atoms with Crippen molar-refractivity contribution in [2.75, 3.05) is 0 Å². The maximum Gasteiger partial charge on any atom is 0.435 e. The van der Waals surface area contributed by atoms with Crippen molar-refractivity contribution in [3.63, 3.8) is 0 Å². The Labute approximate surface area is 101 Å². The van der Waals surface area contributed by atoms with Crippen LogP contribution in [0.4, 0.5) is 13.2 Å². The van der Waals surface area contributed by atoms with E-state index in [0.29, 0.717) is 11.3 Å². The Bertz CT molecular complexity index is 546. The molecule has 1 heterocycles. The summed E-state index contributed by atoms with van der Waals surface area (Å²) in [5, 5.41) is 13.0. The lowest BCUT2D eigenvalue weighted by Gasteiger charge is -2.11. The maximum absolute atomic E-state index is 12.5. The predicted molar refractivity (Wildman–Crippen MR) is 59.2 cm³/mol. The van der Waals surface area contributed by atoms with Gasteiger partial charge in [-0.1, -0.05) is 18.2 Å². The molecule has 0 aliphatic heterocycles. The predicted octanol–water partition coefficient (Wildman–Crippen LogP) is 2.94. The average Bonchev–Trinajstić information content (AvgIpc) is 2.77. The summed E-state index contributed by atoms with van der Waals surface area (Å²) in [7, 11) is 0. The largest absolute Gasteiger partial charge is 0.435 e. The van der Waals surface area contributed by atoms with Gasteiger partial charge in [-0.05, 0) is 19.1 Å². The van der Waals surface area contributed by atoms with Gasteiger partial charge in [0.2, 0.25) is 0 Å². The number of rotatable bonds is 2. The first kappa shape index (κ1) is 12.6. The molecule has 96 valence electrons. The van der Waals surface area contributed by atoms with E-state index in [0.717, 1.165) is 10.7 Å². The van der Waals surface area contributed by atoms with Gasteiger partial charge in [0, 0.05) is 11.8 Å². The van der Waals surface area contributed by atoms with Crippen LogP contribution in [0.3, 0.4) is 0 Å². The zero-order valence-electron chi connectivity index (χ0n) is 9.52. The Morgan fingerprint density at radius 3 is 2.44 bits per heavy atom. The Kier molecular flexibility index (Phi) is 3.13. The Balaban J connectivity index is 2.47. The van der Waals surface area contributed by atoms with Gasteiger partial charge in [-0.2, -0.15) is 18.3 Å². The number of aliphatic hydroxyl groups is 1. The van der Waals surface area contributed by atoms with E-state index in [1.807, 2.05) is 0 Å². The van der Waals surface area contributed by atoms with E-state index in [4.69, 9.17) is 0 Å². The van der Waals surface area contributed by atoms with Crippen LogP contribution in [0.2, 0.25) is 0 Å². The van der Waals surface area contributed by atoms with E-state index in [-0.39, 0.29) is 0 Å². The fraction of sp³-hybridized carbons (Fsp3) is 0.250. The van der Waals surface area contributed by atoms with Crippen molar-refractivity contribution in [1.82, 2.24) is 9.78 Å². The van der Waals surface area contributed by atoms with E-state index in [1.54, 1.807) is 31.2 Å². The van der Waals surface area contributed by atoms with Crippen molar-refractivity contribution >= 4 is 0 Å². The Morgan fingerprint density at radius 1 is 1.22 bits per heavy atom. The summed E-state index contributed by atoms with van der Waals surface area (Å²) in [5.41, 5.74) is 0.000204. The third kappa shape index (κ3) is 2.38. The lowest BCUT2D eigenvalue weighted by molar-refractivity contribution is -0.141. The molecule has 0 fully saturated rings. The number of halogens is 3. The minimum atomic E-state index is -4.47. The molecule has 1 unspecified atom stereocenters. The van der Waals surface area contributed by atoms with Crippen LogP contribution in [0.15, 0.2) is 36.5 Å². The number of aliphatic hydroxyl groups excluding tert-OH is 1. The zero-order chi connectivity index (χ0) is 13.3. The number of hydrogen-bond donors (Lipinski definition) is 1. The van der Waals surface area contributed by atoms with Gasteiger partial charge in [-0.3, -0.25) is 0 Å². The van der Waals surface area contributed by atoms with Crippen molar-refractivity contribution < 1.29 is 18.3 Å². The van der Waals surface area contributed by atoms with E-state index >= 15 is 0 Å². The molecule has 2 rings (SSSR count). The molecular weight excluding hydrogens is 245 g/mol. The summed E-state index contributed by atoms with van der Waals surface area (Å²) < 4.78 is 38.5. The monoisotopic (exact) mass is 256 g/mol. The normalized spacial score (nSPS) is 13.6. The van der Waals surface area contributed by atoms with Crippen molar-refractivity contribution in [3.8, 4) is 5.69 Å². The average molecular weight is 256 g/mol. The molecule has 1 aromatic carbocycles. The van der Waals surface area contributed by atoms with Crippen LogP contribution in [0.5, 0.6) is 0 Å². The molecule has 1 atom stereocenters. The summed E-state index contributed by atoms with van der Waals surface area (Å²) in [6, 6.07) is 7.54. The highest BCUT2D eigenvalue weighted by Crippen LogP contribution is 2.29. The highest BCUT2D eigenvalue weighted by atomic mass is 19.4. The van der Waals surface area contributed by atoms with Crippen molar-refractivity contribution in [3.05, 3.63) is 47.8 Å². The second-order valence-electron chi connectivity index (χ2n) is 3.88. The molecule has 0 aliphatic carbocycles. The topological polar surface area (TPSA) is 38.0 Å². The fourth-order valence-corrected chi connectivity index (χ4v) is 1.66. The third-order valence-electron chi connectivity index (χ3n) is 2.51. The van der Waals surface area contributed by atoms with Gasteiger partial charge >= 0.3 is 6.18 Å². The second-order valence-corrected chi connectivity index (χ2v) is 3.88. The second kappa shape index (κ2) is 4.45. The van der Waals surface area contributed by atoms with Gasteiger partial charge < -0.3 is 5.11 Å². The summed E-state index contributed by atoms with van der Waals surface area (Å²) >= 11 is 0. The number of alkyl halides is 3. The molecule has 0 saturated heterocycles.